The second-order valence-electron chi connectivity index (χ2n) is 3.41. The zero-order valence-corrected chi connectivity index (χ0v) is 10.9. The van der Waals surface area contributed by atoms with E-state index in [1.165, 1.54) is 26.2 Å². The summed E-state index contributed by atoms with van der Waals surface area (Å²) in [4.78, 5) is 12.3. The number of carboxylic acid groups (broad SMARTS) is 1. The molecule has 1 aromatic carbocycles. The van der Waals surface area contributed by atoms with E-state index in [9.17, 15) is 4.79 Å². The first-order chi connectivity index (χ1) is 8.58. The topological polar surface area (TPSA) is 68.2 Å². The molecule has 0 heterocycles. The molecule has 0 bridgehead atoms. The van der Waals surface area contributed by atoms with Gasteiger partial charge in [-0.3, -0.25) is 4.90 Å². The zero-order valence-electron chi connectivity index (χ0n) is 10.9. The van der Waals surface area contributed by atoms with Crippen LogP contribution in [0.15, 0.2) is 12.1 Å². The fraction of sp³-hybridized carbons (Fsp3) is 0.417. The molecule has 18 heavy (non-hydrogen) atoms. The van der Waals surface area contributed by atoms with Gasteiger partial charge in [0.2, 0.25) is 5.75 Å². The average molecular weight is 255 g/mol. The van der Waals surface area contributed by atoms with E-state index in [1.54, 1.807) is 19.1 Å². The van der Waals surface area contributed by atoms with Gasteiger partial charge in [0.05, 0.1) is 27.0 Å². The summed E-state index contributed by atoms with van der Waals surface area (Å²) in [5.41, 5.74) is 0.472. The van der Waals surface area contributed by atoms with Crippen LogP contribution in [0.5, 0.6) is 17.2 Å². The van der Waals surface area contributed by atoms with Gasteiger partial charge in [-0.1, -0.05) is 0 Å². The molecule has 0 saturated heterocycles. The van der Waals surface area contributed by atoms with Crippen molar-refractivity contribution in [2.75, 3.05) is 32.8 Å². The lowest BCUT2D eigenvalue weighted by Crippen LogP contribution is -2.28. The van der Waals surface area contributed by atoms with E-state index in [2.05, 4.69) is 0 Å². The Hall–Kier alpha value is -2.11. The number of nitrogens with zero attached hydrogens (tertiary/aromatic N) is 1. The van der Waals surface area contributed by atoms with E-state index in [0.717, 1.165) is 0 Å². The molecule has 0 aromatic heterocycles. The molecule has 100 valence electrons. The van der Waals surface area contributed by atoms with Crippen LogP contribution in [0.4, 0.5) is 10.5 Å². The maximum atomic E-state index is 11.1. The summed E-state index contributed by atoms with van der Waals surface area (Å²) in [6.07, 6.45) is -1.04. The molecule has 1 amide bonds. The lowest BCUT2D eigenvalue weighted by Gasteiger charge is -2.20. The van der Waals surface area contributed by atoms with E-state index in [-0.39, 0.29) is 0 Å². The van der Waals surface area contributed by atoms with Gasteiger partial charge in [-0.25, -0.2) is 4.79 Å². The molecule has 0 aliphatic heterocycles. The van der Waals surface area contributed by atoms with Gasteiger partial charge in [-0.2, -0.15) is 0 Å². The average Bonchev–Trinajstić information content (AvgIpc) is 2.37. The number of rotatable bonds is 5. The van der Waals surface area contributed by atoms with Crippen LogP contribution in [0.2, 0.25) is 0 Å². The Morgan fingerprint density at radius 2 is 1.67 bits per heavy atom. The lowest BCUT2D eigenvalue weighted by molar-refractivity contribution is 0.202. The van der Waals surface area contributed by atoms with Crippen molar-refractivity contribution < 1.29 is 24.1 Å². The van der Waals surface area contributed by atoms with Crippen LogP contribution in [0, 0.1) is 0 Å². The van der Waals surface area contributed by atoms with Crippen molar-refractivity contribution in [1.29, 1.82) is 0 Å². The van der Waals surface area contributed by atoms with Crippen LogP contribution in [-0.4, -0.2) is 39.1 Å². The molecule has 1 N–H and O–H groups in total. The number of anilines is 1. The first kappa shape index (κ1) is 14.0. The molecular formula is C12H17NO5. The van der Waals surface area contributed by atoms with Gasteiger partial charge >= 0.3 is 6.09 Å². The Balaban J connectivity index is 3.34. The summed E-state index contributed by atoms with van der Waals surface area (Å²) in [5.74, 6) is 1.28. The first-order valence-electron chi connectivity index (χ1n) is 5.39. The number of methoxy groups -OCH3 is 3. The number of carbonyl (C=O) groups is 1. The third-order valence-corrected chi connectivity index (χ3v) is 2.51. The molecule has 6 nitrogen and oxygen atoms in total. The summed E-state index contributed by atoms with van der Waals surface area (Å²) in [5, 5.41) is 9.09. The smallest absolute Gasteiger partial charge is 0.411 e. The van der Waals surface area contributed by atoms with Crippen molar-refractivity contribution in [2.24, 2.45) is 0 Å². The van der Waals surface area contributed by atoms with E-state index in [1.807, 2.05) is 0 Å². The molecule has 6 heteroatoms. The Morgan fingerprint density at radius 3 is 1.94 bits per heavy atom. The Bertz CT molecular complexity index is 407. The SMILES string of the molecule is CCN(C(=O)O)c1cc(OC)c(OC)c(OC)c1. The van der Waals surface area contributed by atoms with Gasteiger partial charge in [0.1, 0.15) is 0 Å². The van der Waals surface area contributed by atoms with Crippen molar-refractivity contribution in [3.05, 3.63) is 12.1 Å². The standard InChI is InChI=1S/C12H17NO5/c1-5-13(12(14)15)8-6-9(16-2)11(18-4)10(7-8)17-3/h6-7H,5H2,1-4H3,(H,14,15). The van der Waals surface area contributed by atoms with Crippen molar-refractivity contribution in [3.8, 4) is 17.2 Å². The van der Waals surface area contributed by atoms with Crippen LogP contribution in [-0.2, 0) is 0 Å². The predicted octanol–water partition coefficient (Wildman–Crippen LogP) is 2.22. The summed E-state index contributed by atoms with van der Waals surface area (Å²) in [6, 6.07) is 3.19. The number of hydrogen-bond donors (Lipinski definition) is 1. The molecule has 0 saturated carbocycles. The third kappa shape index (κ3) is 2.58. The van der Waals surface area contributed by atoms with Gasteiger partial charge in [0, 0.05) is 18.7 Å². The quantitative estimate of drug-likeness (QED) is 0.873. The minimum absolute atomic E-state index is 0.327. The van der Waals surface area contributed by atoms with E-state index < -0.39 is 6.09 Å². The fourth-order valence-electron chi connectivity index (χ4n) is 1.65. The lowest BCUT2D eigenvalue weighted by atomic mass is 10.2. The Kier molecular flexibility index (Phi) is 4.65. The van der Waals surface area contributed by atoms with Crippen molar-refractivity contribution in [2.45, 2.75) is 6.92 Å². The van der Waals surface area contributed by atoms with Gasteiger partial charge in [-0.05, 0) is 6.92 Å². The number of benzene rings is 1. The maximum absolute atomic E-state index is 11.1. The highest BCUT2D eigenvalue weighted by Gasteiger charge is 2.19. The largest absolute Gasteiger partial charge is 0.493 e. The maximum Gasteiger partial charge on any atom is 0.411 e. The van der Waals surface area contributed by atoms with Gasteiger partial charge in [0.15, 0.2) is 11.5 Å². The molecule has 0 fully saturated rings. The second kappa shape index (κ2) is 6.00. The minimum Gasteiger partial charge on any atom is -0.493 e. The molecule has 0 unspecified atom stereocenters. The Morgan fingerprint density at radius 1 is 1.17 bits per heavy atom. The molecule has 1 aromatic rings. The van der Waals surface area contributed by atoms with Crippen LogP contribution in [0.1, 0.15) is 6.92 Å². The molecule has 0 aliphatic carbocycles. The highest BCUT2D eigenvalue weighted by Crippen LogP contribution is 2.40. The third-order valence-electron chi connectivity index (χ3n) is 2.51. The van der Waals surface area contributed by atoms with E-state index in [4.69, 9.17) is 19.3 Å². The second-order valence-corrected chi connectivity index (χ2v) is 3.41. The van der Waals surface area contributed by atoms with E-state index in [0.29, 0.717) is 29.5 Å². The van der Waals surface area contributed by atoms with Crippen LogP contribution in [0.3, 0.4) is 0 Å². The van der Waals surface area contributed by atoms with Crippen LogP contribution in [0.25, 0.3) is 0 Å². The van der Waals surface area contributed by atoms with Crippen molar-refractivity contribution in [3.63, 3.8) is 0 Å². The summed E-state index contributed by atoms with van der Waals surface area (Å²) < 4.78 is 15.5. The van der Waals surface area contributed by atoms with Crippen molar-refractivity contribution in [1.82, 2.24) is 0 Å². The van der Waals surface area contributed by atoms with Crippen LogP contribution >= 0.6 is 0 Å². The minimum atomic E-state index is -1.04. The molecular weight excluding hydrogens is 238 g/mol. The molecule has 1 rings (SSSR count). The number of amides is 1. The van der Waals surface area contributed by atoms with Gasteiger partial charge in [0.25, 0.3) is 0 Å². The van der Waals surface area contributed by atoms with Gasteiger partial charge < -0.3 is 19.3 Å². The monoisotopic (exact) mass is 255 g/mol. The molecule has 0 atom stereocenters. The summed E-state index contributed by atoms with van der Waals surface area (Å²) >= 11 is 0. The summed E-state index contributed by atoms with van der Waals surface area (Å²) in [6.45, 7) is 2.07. The normalized spacial score (nSPS) is 9.78. The number of hydrogen-bond acceptors (Lipinski definition) is 4. The highest BCUT2D eigenvalue weighted by molar-refractivity contribution is 5.87. The van der Waals surface area contributed by atoms with Gasteiger partial charge in [-0.15, -0.1) is 0 Å². The summed E-state index contributed by atoms with van der Waals surface area (Å²) in [7, 11) is 4.46. The number of ether oxygens (including phenoxy) is 3. The molecule has 0 radical (unpaired) electrons. The zero-order chi connectivity index (χ0) is 13.7. The first-order valence-corrected chi connectivity index (χ1v) is 5.39. The highest BCUT2D eigenvalue weighted by atomic mass is 16.5. The van der Waals surface area contributed by atoms with Crippen molar-refractivity contribution >= 4 is 11.8 Å². The Labute approximate surface area is 106 Å². The molecule has 0 spiro atoms. The van der Waals surface area contributed by atoms with E-state index >= 15 is 0 Å². The predicted molar refractivity (Wildman–Crippen MR) is 67.1 cm³/mol. The van der Waals surface area contributed by atoms with Crippen LogP contribution < -0.4 is 19.1 Å². The fourth-order valence-corrected chi connectivity index (χ4v) is 1.65. The molecule has 0 aliphatic rings.